The Balaban J connectivity index is 1.70. The van der Waals surface area contributed by atoms with E-state index in [2.05, 4.69) is 11.8 Å². The SMILES string of the molecule is CCCCCCN(CCN1CCOCC1)C(=O)c1oc2ccccc2c1C. The van der Waals surface area contributed by atoms with Crippen molar-refractivity contribution in [2.45, 2.75) is 39.5 Å². The Morgan fingerprint density at radius 1 is 1.11 bits per heavy atom. The zero-order valence-corrected chi connectivity index (χ0v) is 16.7. The second-order valence-electron chi connectivity index (χ2n) is 7.36. The smallest absolute Gasteiger partial charge is 0.289 e. The number of morpholine rings is 1. The summed E-state index contributed by atoms with van der Waals surface area (Å²) in [6.07, 6.45) is 4.62. The van der Waals surface area contributed by atoms with Gasteiger partial charge in [-0.25, -0.2) is 0 Å². The van der Waals surface area contributed by atoms with Gasteiger partial charge in [0.05, 0.1) is 13.2 Å². The fourth-order valence-electron chi connectivity index (χ4n) is 3.65. The number of amides is 1. The maximum Gasteiger partial charge on any atom is 0.289 e. The number of benzene rings is 1. The molecule has 5 nitrogen and oxygen atoms in total. The number of para-hydroxylation sites is 1. The third-order valence-electron chi connectivity index (χ3n) is 5.40. The van der Waals surface area contributed by atoms with E-state index in [9.17, 15) is 4.79 Å². The van der Waals surface area contributed by atoms with Crippen LogP contribution in [-0.2, 0) is 4.74 Å². The summed E-state index contributed by atoms with van der Waals surface area (Å²) >= 11 is 0. The normalized spacial score (nSPS) is 15.3. The fourth-order valence-corrected chi connectivity index (χ4v) is 3.65. The van der Waals surface area contributed by atoms with Crippen molar-refractivity contribution in [2.24, 2.45) is 0 Å². The summed E-state index contributed by atoms with van der Waals surface area (Å²) in [4.78, 5) is 17.6. The van der Waals surface area contributed by atoms with Gasteiger partial charge in [-0.05, 0) is 19.4 Å². The molecule has 0 saturated carbocycles. The highest BCUT2D eigenvalue weighted by molar-refractivity contribution is 5.98. The summed E-state index contributed by atoms with van der Waals surface area (Å²) in [6.45, 7) is 10.1. The second-order valence-corrected chi connectivity index (χ2v) is 7.36. The Labute approximate surface area is 162 Å². The van der Waals surface area contributed by atoms with Crippen molar-refractivity contribution < 1.29 is 13.9 Å². The Bertz CT molecular complexity index is 734. The van der Waals surface area contributed by atoms with Crippen molar-refractivity contribution in [3.63, 3.8) is 0 Å². The highest BCUT2D eigenvalue weighted by Crippen LogP contribution is 2.26. The molecule has 0 bridgehead atoms. The minimum absolute atomic E-state index is 0.0217. The quantitative estimate of drug-likeness (QED) is 0.622. The molecule has 1 aliphatic heterocycles. The van der Waals surface area contributed by atoms with Crippen molar-refractivity contribution in [1.29, 1.82) is 0 Å². The summed E-state index contributed by atoms with van der Waals surface area (Å²) in [5, 5.41) is 1.03. The number of hydrogen-bond acceptors (Lipinski definition) is 4. The molecule has 27 heavy (non-hydrogen) atoms. The van der Waals surface area contributed by atoms with Crippen LogP contribution in [0.3, 0.4) is 0 Å². The van der Waals surface area contributed by atoms with E-state index in [0.717, 1.165) is 75.3 Å². The molecule has 2 heterocycles. The second kappa shape index (κ2) is 9.90. The first-order chi connectivity index (χ1) is 13.2. The number of hydrogen-bond donors (Lipinski definition) is 0. The number of rotatable bonds is 9. The van der Waals surface area contributed by atoms with Crippen LogP contribution in [0.25, 0.3) is 11.0 Å². The first kappa shape index (κ1) is 19.9. The number of carbonyl (C=O) groups is 1. The van der Waals surface area contributed by atoms with Gasteiger partial charge in [0.2, 0.25) is 0 Å². The lowest BCUT2D eigenvalue weighted by atomic mass is 10.1. The molecule has 3 rings (SSSR count). The third kappa shape index (κ3) is 5.11. The van der Waals surface area contributed by atoms with Crippen LogP contribution in [-0.4, -0.2) is 61.6 Å². The van der Waals surface area contributed by atoms with Crippen molar-refractivity contribution in [1.82, 2.24) is 9.80 Å². The third-order valence-corrected chi connectivity index (χ3v) is 5.40. The van der Waals surface area contributed by atoms with Crippen molar-refractivity contribution in [3.8, 4) is 0 Å². The molecule has 0 unspecified atom stereocenters. The van der Waals surface area contributed by atoms with Crippen LogP contribution in [0.2, 0.25) is 0 Å². The zero-order valence-electron chi connectivity index (χ0n) is 16.7. The maximum atomic E-state index is 13.3. The predicted molar refractivity (Wildman–Crippen MR) is 108 cm³/mol. The van der Waals surface area contributed by atoms with Gasteiger partial charge in [-0.2, -0.15) is 0 Å². The fraction of sp³-hybridized carbons (Fsp3) is 0.591. The van der Waals surface area contributed by atoms with Crippen LogP contribution in [0.15, 0.2) is 28.7 Å². The largest absolute Gasteiger partial charge is 0.451 e. The molecule has 0 N–H and O–H groups in total. The Morgan fingerprint density at radius 3 is 2.63 bits per heavy atom. The Kier molecular flexibility index (Phi) is 7.30. The van der Waals surface area contributed by atoms with Crippen LogP contribution in [0.4, 0.5) is 0 Å². The monoisotopic (exact) mass is 372 g/mol. The van der Waals surface area contributed by atoms with Gasteiger partial charge in [0.1, 0.15) is 5.58 Å². The molecule has 0 atom stereocenters. The minimum Gasteiger partial charge on any atom is -0.451 e. The molecule has 1 aromatic heterocycles. The number of ether oxygens (including phenoxy) is 1. The lowest BCUT2D eigenvalue weighted by Crippen LogP contribution is -2.43. The molecule has 1 aromatic carbocycles. The molecule has 2 aromatic rings. The highest BCUT2D eigenvalue weighted by Gasteiger charge is 2.23. The zero-order chi connectivity index (χ0) is 19.1. The van der Waals surface area contributed by atoms with Gasteiger partial charge in [-0.15, -0.1) is 0 Å². The van der Waals surface area contributed by atoms with Gasteiger partial charge in [0.15, 0.2) is 5.76 Å². The van der Waals surface area contributed by atoms with E-state index in [1.807, 2.05) is 36.1 Å². The summed E-state index contributed by atoms with van der Waals surface area (Å²) < 4.78 is 11.4. The molecule has 0 aliphatic carbocycles. The molecule has 148 valence electrons. The minimum atomic E-state index is 0.0217. The Morgan fingerprint density at radius 2 is 1.89 bits per heavy atom. The average Bonchev–Trinajstić information content (AvgIpc) is 3.05. The standard InChI is InChI=1S/C22H32N2O3/c1-3-4-5-8-11-24(13-12-23-14-16-26-17-15-23)22(25)21-18(2)19-9-6-7-10-20(19)27-21/h6-7,9-10H,3-5,8,11-17H2,1-2H3. The van der Waals surface area contributed by atoms with Gasteiger partial charge in [-0.3, -0.25) is 9.69 Å². The first-order valence-electron chi connectivity index (χ1n) is 10.3. The predicted octanol–water partition coefficient (Wildman–Crippen LogP) is 4.10. The van der Waals surface area contributed by atoms with E-state index in [4.69, 9.17) is 9.15 Å². The van der Waals surface area contributed by atoms with E-state index in [0.29, 0.717) is 5.76 Å². The number of furan rings is 1. The number of unbranched alkanes of at least 4 members (excludes halogenated alkanes) is 3. The van der Waals surface area contributed by atoms with Crippen LogP contribution in [0, 0.1) is 6.92 Å². The van der Waals surface area contributed by atoms with Gasteiger partial charge >= 0.3 is 0 Å². The molecular weight excluding hydrogens is 340 g/mol. The van der Waals surface area contributed by atoms with Gasteiger partial charge < -0.3 is 14.1 Å². The summed E-state index contributed by atoms with van der Waals surface area (Å²) in [5.74, 6) is 0.516. The molecule has 1 fully saturated rings. The average molecular weight is 373 g/mol. The van der Waals surface area contributed by atoms with Crippen molar-refractivity contribution in [3.05, 3.63) is 35.6 Å². The molecule has 1 aliphatic rings. The van der Waals surface area contributed by atoms with Crippen LogP contribution in [0.5, 0.6) is 0 Å². The topological polar surface area (TPSA) is 45.9 Å². The number of nitrogens with zero attached hydrogens (tertiary/aromatic N) is 2. The van der Waals surface area contributed by atoms with Crippen LogP contribution in [0.1, 0.15) is 48.7 Å². The lowest BCUT2D eigenvalue weighted by Gasteiger charge is -2.30. The molecule has 0 radical (unpaired) electrons. The van der Waals surface area contributed by atoms with Crippen LogP contribution >= 0.6 is 0 Å². The van der Waals surface area contributed by atoms with E-state index in [-0.39, 0.29) is 5.91 Å². The summed E-state index contributed by atoms with van der Waals surface area (Å²) in [6, 6.07) is 7.88. The van der Waals surface area contributed by atoms with Gasteiger partial charge in [0, 0.05) is 43.7 Å². The van der Waals surface area contributed by atoms with Gasteiger partial charge in [0.25, 0.3) is 5.91 Å². The molecule has 1 amide bonds. The number of aryl methyl sites for hydroxylation is 1. The Hall–Kier alpha value is -1.85. The van der Waals surface area contributed by atoms with Crippen LogP contribution < -0.4 is 0 Å². The summed E-state index contributed by atoms with van der Waals surface area (Å²) in [7, 11) is 0. The molecular formula is C22H32N2O3. The van der Waals surface area contributed by atoms with E-state index < -0.39 is 0 Å². The first-order valence-corrected chi connectivity index (χ1v) is 10.3. The number of fused-ring (bicyclic) bond motifs is 1. The van der Waals surface area contributed by atoms with E-state index >= 15 is 0 Å². The van der Waals surface area contributed by atoms with E-state index in [1.165, 1.54) is 12.8 Å². The maximum absolute atomic E-state index is 13.3. The van der Waals surface area contributed by atoms with Crippen molar-refractivity contribution in [2.75, 3.05) is 45.9 Å². The highest BCUT2D eigenvalue weighted by atomic mass is 16.5. The molecule has 5 heteroatoms. The number of carbonyl (C=O) groups excluding carboxylic acids is 1. The lowest BCUT2D eigenvalue weighted by molar-refractivity contribution is 0.0320. The molecule has 1 saturated heterocycles. The molecule has 0 spiro atoms. The summed E-state index contributed by atoms with van der Waals surface area (Å²) in [5.41, 5.74) is 1.73. The van der Waals surface area contributed by atoms with Gasteiger partial charge in [-0.1, -0.05) is 44.4 Å². The van der Waals surface area contributed by atoms with Crippen molar-refractivity contribution >= 4 is 16.9 Å². The van der Waals surface area contributed by atoms with E-state index in [1.54, 1.807) is 0 Å².